The lowest BCUT2D eigenvalue weighted by Crippen LogP contribution is -2.27. The molecule has 13 aromatic carbocycles. The second-order valence-corrected chi connectivity index (χ2v) is 26.4. The van der Waals surface area contributed by atoms with Crippen LogP contribution in [0, 0.1) is 0 Å². The van der Waals surface area contributed by atoms with E-state index in [-0.39, 0.29) is 55.6 Å². The molecule has 0 aliphatic carbocycles. The lowest BCUT2D eigenvalue weighted by molar-refractivity contribution is -0.130. The number of carbonyl (C=O) groups is 8. The Morgan fingerprint density at radius 3 is 0.653 bits per heavy atom. The first kappa shape index (κ1) is 88.6. The zero-order valence-corrected chi connectivity index (χ0v) is 66.1. The van der Waals surface area contributed by atoms with E-state index in [1.54, 1.807) is 36.8 Å². The number of phenols is 1. The molecule has 0 fully saturated rings. The first-order chi connectivity index (χ1) is 58.5. The van der Waals surface area contributed by atoms with Crippen LogP contribution in [0.4, 0.5) is 73.9 Å². The Kier molecular flexibility index (Phi) is 34.8. The van der Waals surface area contributed by atoms with Gasteiger partial charge in [0.05, 0.1) is 43.4 Å². The van der Waals surface area contributed by atoms with Crippen molar-refractivity contribution in [2.24, 2.45) is 20.4 Å². The molecular weight excluding hydrogens is 1520 g/mol. The Hall–Kier alpha value is -16.3. The predicted molar refractivity (Wildman–Crippen MR) is 485 cm³/mol. The summed E-state index contributed by atoms with van der Waals surface area (Å²) in [5.41, 5.74) is 25.4. The minimum Gasteiger partial charge on any atom is -0.506 e. The lowest BCUT2D eigenvalue weighted by Gasteiger charge is -2.25. The molecule has 0 aliphatic heterocycles. The van der Waals surface area contributed by atoms with Gasteiger partial charge in [0.15, 0.2) is 0 Å². The number of para-hydroxylation sites is 10. The van der Waals surface area contributed by atoms with Crippen LogP contribution >= 0.6 is 0 Å². The van der Waals surface area contributed by atoms with Crippen molar-refractivity contribution >= 4 is 146 Å². The van der Waals surface area contributed by atoms with Crippen molar-refractivity contribution in [3.63, 3.8) is 0 Å². The first-order valence-corrected chi connectivity index (χ1v) is 38.1. The number of anilines is 13. The van der Waals surface area contributed by atoms with E-state index in [4.69, 9.17) is 0 Å². The van der Waals surface area contributed by atoms with E-state index in [0.29, 0.717) is 0 Å². The number of nitrogens with zero attached hydrogens (tertiary/aromatic N) is 8. The predicted octanol–water partition coefficient (Wildman–Crippen LogP) is 18.9. The van der Waals surface area contributed by atoms with Gasteiger partial charge in [0, 0.05) is 75.3 Å². The average Bonchev–Trinajstić information content (AvgIpc) is 0.829. The Balaban J connectivity index is 0.000000184. The largest absolute Gasteiger partial charge is 0.506 e. The van der Waals surface area contributed by atoms with Crippen LogP contribution in [0.25, 0.3) is 0 Å². The minimum absolute atomic E-state index is 0. The number of carbonyl (C=O) groups excluding carboxylic acids is 8. The minimum atomic E-state index is -0.565. The van der Waals surface area contributed by atoms with Gasteiger partial charge < -0.3 is 35.3 Å². The molecule has 6 amide bonds. The number of benzene rings is 13. The normalized spacial score (nSPS) is 10.5. The monoisotopic (exact) mass is 1610 g/mol. The van der Waals surface area contributed by atoms with E-state index >= 15 is 0 Å². The number of hydrogen-bond acceptors (Lipinski definition) is 17. The number of phenolic OH excluding ortho intramolecular Hbond substituents is 1. The number of ketones is 2. The summed E-state index contributed by atoms with van der Waals surface area (Å²) >= 11 is 0. The van der Waals surface area contributed by atoms with Gasteiger partial charge in [-0.3, -0.25) is 38.4 Å². The Bertz CT molecular complexity index is 5250. The molecule has 0 atom stereocenters. The van der Waals surface area contributed by atoms with Crippen LogP contribution in [0.3, 0.4) is 0 Å². The highest BCUT2D eigenvalue weighted by atomic mass is 16.3. The fraction of sp³-hybridized carbons (Fsp3) is 0.0816. The van der Waals surface area contributed by atoms with Crippen molar-refractivity contribution in [1.82, 2.24) is 27.0 Å². The van der Waals surface area contributed by atoms with E-state index in [2.05, 4.69) is 145 Å². The molecule has 608 valence electrons. The van der Waals surface area contributed by atoms with Crippen molar-refractivity contribution in [3.8, 4) is 5.75 Å². The highest BCUT2D eigenvalue weighted by Crippen LogP contribution is 2.38. The van der Waals surface area contributed by atoms with Gasteiger partial charge in [-0.05, 0) is 194 Å². The Morgan fingerprint density at radius 2 is 0.446 bits per heavy atom. The molecule has 23 nitrogen and oxygen atoms in total. The molecule has 0 aromatic heterocycles. The zero-order chi connectivity index (χ0) is 84.5. The summed E-state index contributed by atoms with van der Waals surface area (Å²) in [7, 11) is 1.48. The van der Waals surface area contributed by atoms with Gasteiger partial charge in [0.2, 0.25) is 35.4 Å². The van der Waals surface area contributed by atoms with Gasteiger partial charge in [-0.1, -0.05) is 214 Å². The summed E-state index contributed by atoms with van der Waals surface area (Å²) < 4.78 is 0. The fourth-order valence-electron chi connectivity index (χ4n) is 11.7. The zero-order valence-electron chi connectivity index (χ0n) is 66.1. The molecule has 0 spiro atoms. The van der Waals surface area contributed by atoms with Crippen molar-refractivity contribution in [2.45, 2.75) is 47.0 Å². The van der Waals surface area contributed by atoms with Crippen molar-refractivity contribution < 1.29 is 43.5 Å². The highest BCUT2D eigenvalue weighted by molar-refractivity contribution is 6.04. The summed E-state index contributed by atoms with van der Waals surface area (Å²) in [6.45, 7) is 2.74. The van der Waals surface area contributed by atoms with E-state index in [0.717, 1.165) is 90.5 Å². The maximum atomic E-state index is 12.0. The maximum absolute atomic E-state index is 12.0. The first-order valence-electron chi connectivity index (χ1n) is 38.1. The maximum Gasteiger partial charge on any atom is 0.249 e. The van der Waals surface area contributed by atoms with E-state index in [1.165, 1.54) is 33.2 Å². The Morgan fingerprint density at radius 1 is 0.256 bits per heavy atom. The third-order valence-corrected chi connectivity index (χ3v) is 17.2. The number of Topliss-reactive ketones (excluding diaryl/α,β-unsaturated/α-hetero) is 2. The summed E-state index contributed by atoms with van der Waals surface area (Å²) in [4.78, 5) is 100. The van der Waals surface area contributed by atoms with Crippen LogP contribution < -0.4 is 51.9 Å². The molecule has 0 radical (unpaired) electrons. The van der Waals surface area contributed by atoms with Crippen LogP contribution in [0.1, 0.15) is 69.2 Å². The van der Waals surface area contributed by atoms with Crippen molar-refractivity contribution in [1.29, 1.82) is 0 Å². The van der Waals surface area contributed by atoms with Crippen molar-refractivity contribution in [2.75, 3.05) is 32.0 Å². The van der Waals surface area contributed by atoms with Crippen molar-refractivity contribution in [3.05, 3.63) is 386 Å². The number of nitrogens with one attached hydrogen (secondary N) is 6. The topological polar surface area (TPSA) is 291 Å². The van der Waals surface area contributed by atoms with Crippen LogP contribution in [-0.4, -0.2) is 84.0 Å². The second kappa shape index (κ2) is 47.5. The smallest absolute Gasteiger partial charge is 0.249 e. The van der Waals surface area contributed by atoms with Gasteiger partial charge in [-0.15, -0.1) is 0 Å². The van der Waals surface area contributed by atoms with Crippen LogP contribution in [-0.2, 0) is 38.4 Å². The molecule has 0 unspecified atom stereocenters. The summed E-state index contributed by atoms with van der Waals surface area (Å²) in [5.74, 6) is -3.23. The molecule has 0 saturated carbocycles. The molecule has 23 heteroatoms. The molecule has 0 bridgehead atoms. The Labute approximate surface area is 703 Å². The molecule has 13 rings (SSSR count). The number of hydrogen-bond donors (Lipinski definition) is 7. The van der Waals surface area contributed by atoms with Crippen LogP contribution in [0.2, 0.25) is 0 Å². The number of rotatable bonds is 29. The summed E-state index contributed by atoms with van der Waals surface area (Å²) in [6, 6.07) is 119. The van der Waals surface area contributed by atoms with Gasteiger partial charge in [0.25, 0.3) is 0 Å². The molecule has 0 aliphatic rings. The molecule has 7 N–H and O–H groups in total. The SMILES string of the molecule is C.CC(=O)CC(=O)N/N=C/c1ccc(N(c2ccccc2)c2ccccc2)cc1.CC(=O)CC(=O)N/N=C/c1ccc(N(c2ccccc2)c2ccccc2)cc1.CNC(=O)CC(=O)N/N=C/c1ccc(N(c2ccccc2)c2ccccc2)cc1.O=C(CC(=O)Nc1ccccc1O)N/N=C/c1ccc(N(c2ccccc2)c2ccccc2)cc1. The second-order valence-electron chi connectivity index (χ2n) is 26.4. The van der Waals surface area contributed by atoms with Gasteiger partial charge >= 0.3 is 0 Å². The van der Waals surface area contributed by atoms with E-state index in [1.807, 2.05) is 267 Å². The fourth-order valence-corrected chi connectivity index (χ4v) is 11.7. The number of hydrazone groups is 4. The number of aromatic hydroxyl groups is 1. The molecule has 0 heterocycles. The number of amides is 6. The van der Waals surface area contributed by atoms with E-state index < -0.39 is 36.0 Å². The molecule has 0 saturated heterocycles. The van der Waals surface area contributed by atoms with Gasteiger partial charge in [0.1, 0.15) is 30.2 Å². The van der Waals surface area contributed by atoms with Gasteiger partial charge in [-0.25, -0.2) is 21.7 Å². The lowest BCUT2D eigenvalue weighted by atomic mass is 10.1. The third kappa shape index (κ3) is 28.9. The van der Waals surface area contributed by atoms with Gasteiger partial charge in [-0.2, -0.15) is 20.4 Å². The summed E-state index contributed by atoms with van der Waals surface area (Å²) in [5, 5.41) is 30.2. The molecule has 121 heavy (non-hydrogen) atoms. The van der Waals surface area contributed by atoms with Crippen LogP contribution in [0.15, 0.2) is 384 Å². The molecular formula is C98H92N14O9. The van der Waals surface area contributed by atoms with E-state index in [9.17, 15) is 43.5 Å². The quantitative estimate of drug-likeness (QED) is 0.00994. The average molecular weight is 1610 g/mol. The van der Waals surface area contributed by atoms with Crippen LogP contribution in [0.5, 0.6) is 5.75 Å². The standard InChI is InChI=1S/C28H24N4O3.C23H22N4O2.2C23H21N3O2.CH4/c33-26-14-8-7-13-25(26)30-27(34)19-28(35)31-29-20-21-15-17-24(18-16-21)32(22-9-3-1-4-10-22)23-11-5-2-6-12-23;1-24-22(28)16-23(29)26-25-17-18-12-14-21(15-13-18)27(19-8-4-2-5-9-19)20-10-6-3-7-11-20;2*1-18(27)16-23(28)25-24-17-19-12-14-22(15-13-19)26(20-8-4-2-5-9-20)21-10-6-3-7-11-21;/h1-18,20,33H,19H2,(H,30,34)(H,31,35);2-15,17H,16H2,1H3,(H,24,28)(H,26,29);2*2-15,17H,16H2,1H3,(H,25,28);1H4/b29-20+;25-17+;2*24-17+;. The summed E-state index contributed by atoms with van der Waals surface area (Å²) in [6.07, 6.45) is 5.15. The third-order valence-electron chi connectivity index (χ3n) is 17.2. The molecule has 13 aromatic rings. The highest BCUT2D eigenvalue weighted by Gasteiger charge is 2.18.